The van der Waals surface area contributed by atoms with Gasteiger partial charge in [-0.05, 0) is 44.7 Å². The van der Waals surface area contributed by atoms with E-state index in [0.717, 1.165) is 37.5 Å². The van der Waals surface area contributed by atoms with Gasteiger partial charge in [0.15, 0.2) is 0 Å². The Balaban J connectivity index is 1.93. The van der Waals surface area contributed by atoms with Gasteiger partial charge in [0.2, 0.25) is 0 Å². The molecule has 0 unspecified atom stereocenters. The van der Waals surface area contributed by atoms with Crippen molar-refractivity contribution in [3.05, 3.63) is 29.8 Å². The number of aryl methyl sites for hydroxylation is 1. The van der Waals surface area contributed by atoms with Crippen molar-refractivity contribution in [1.29, 1.82) is 0 Å². The molecule has 1 aromatic rings. The molecule has 1 heterocycles. The van der Waals surface area contributed by atoms with Crippen LogP contribution in [0.2, 0.25) is 0 Å². The number of methoxy groups -OCH3 is 1. The Labute approximate surface area is 218 Å². The second-order valence-corrected chi connectivity index (χ2v) is 11.4. The first-order valence-corrected chi connectivity index (χ1v) is 15.0. The first-order valence-electron chi connectivity index (χ1n) is 13.6. The summed E-state index contributed by atoms with van der Waals surface area (Å²) in [6.07, 6.45) is 12.1. The molecule has 0 spiro atoms. The summed E-state index contributed by atoms with van der Waals surface area (Å²) in [6.45, 7) is 4.32. The summed E-state index contributed by atoms with van der Waals surface area (Å²) in [5.41, 5.74) is 0.965. The van der Waals surface area contributed by atoms with Crippen LogP contribution in [-0.4, -0.2) is 53.0 Å². The average molecular weight is 527 g/mol. The van der Waals surface area contributed by atoms with Crippen molar-refractivity contribution >= 4 is 16.4 Å². The number of aldehydes is 1. The van der Waals surface area contributed by atoms with Gasteiger partial charge in [-0.25, -0.2) is 0 Å². The van der Waals surface area contributed by atoms with Gasteiger partial charge in [-0.1, -0.05) is 76.0 Å². The predicted molar refractivity (Wildman–Crippen MR) is 140 cm³/mol. The molecule has 1 aliphatic rings. The minimum Gasteiger partial charge on any atom is -0.370 e. The standard InChI is InChI=1S/C28H46O7S/c1-4-5-6-7-8-9-10-11-13-25(33-22-32-3)26-19-20-27(34-26)28(14-12-21-29)35-36(30,31)24-17-15-23(2)16-18-24/h15-18,21,25-28H,4-14,19-20,22H2,1-3H3/t25-,26-,27+,28+/m1/s1. The van der Waals surface area contributed by atoms with E-state index in [4.69, 9.17) is 18.4 Å². The highest BCUT2D eigenvalue weighted by atomic mass is 32.2. The molecule has 0 amide bonds. The van der Waals surface area contributed by atoms with Crippen LogP contribution in [0.3, 0.4) is 0 Å². The topological polar surface area (TPSA) is 88.1 Å². The molecule has 2 rings (SSSR count). The second kappa shape index (κ2) is 17.2. The van der Waals surface area contributed by atoms with Crippen LogP contribution in [0, 0.1) is 6.92 Å². The number of hydrogen-bond donors (Lipinski definition) is 0. The van der Waals surface area contributed by atoms with Crippen LogP contribution in [0.1, 0.15) is 96.0 Å². The van der Waals surface area contributed by atoms with Gasteiger partial charge in [0, 0.05) is 13.5 Å². The third-order valence-electron chi connectivity index (χ3n) is 6.79. The monoisotopic (exact) mass is 526 g/mol. The Morgan fingerprint density at radius 3 is 2.17 bits per heavy atom. The van der Waals surface area contributed by atoms with Gasteiger partial charge in [0.05, 0.1) is 23.2 Å². The van der Waals surface area contributed by atoms with E-state index in [1.54, 1.807) is 19.2 Å². The molecule has 1 aliphatic heterocycles. The molecule has 36 heavy (non-hydrogen) atoms. The molecule has 206 valence electrons. The zero-order valence-corrected chi connectivity index (χ0v) is 23.2. The summed E-state index contributed by atoms with van der Waals surface area (Å²) in [5.74, 6) is 0. The molecule has 0 N–H and O–H groups in total. The minimum atomic E-state index is -3.97. The Hall–Kier alpha value is -1.32. The number of hydrogen-bond acceptors (Lipinski definition) is 7. The summed E-state index contributed by atoms with van der Waals surface area (Å²) in [6, 6.07) is 6.56. The Bertz CT molecular complexity index is 825. The number of unbranched alkanes of at least 4 members (excludes halogenated alkanes) is 7. The molecular formula is C28H46O7S. The number of carbonyl (C=O) groups is 1. The first kappa shape index (κ1) is 30.9. The first-order chi connectivity index (χ1) is 17.4. The van der Waals surface area contributed by atoms with Gasteiger partial charge in [0.25, 0.3) is 10.1 Å². The summed E-state index contributed by atoms with van der Waals surface area (Å²) in [5, 5.41) is 0. The predicted octanol–water partition coefficient (Wildman–Crippen LogP) is 6.12. The van der Waals surface area contributed by atoms with E-state index in [2.05, 4.69) is 6.92 Å². The number of rotatable bonds is 20. The second-order valence-electron chi connectivity index (χ2n) is 9.81. The Morgan fingerprint density at radius 2 is 1.56 bits per heavy atom. The van der Waals surface area contributed by atoms with E-state index in [1.807, 2.05) is 6.92 Å². The molecule has 0 bridgehead atoms. The van der Waals surface area contributed by atoms with E-state index < -0.39 is 22.3 Å². The maximum Gasteiger partial charge on any atom is 0.297 e. The fourth-order valence-electron chi connectivity index (χ4n) is 4.70. The highest BCUT2D eigenvalue weighted by molar-refractivity contribution is 7.86. The normalized spacial score (nSPS) is 19.9. The highest BCUT2D eigenvalue weighted by Gasteiger charge is 2.38. The quantitative estimate of drug-likeness (QED) is 0.0876. The largest absolute Gasteiger partial charge is 0.370 e. The van der Waals surface area contributed by atoms with E-state index >= 15 is 0 Å². The van der Waals surface area contributed by atoms with Crippen LogP contribution in [-0.2, 0) is 33.3 Å². The van der Waals surface area contributed by atoms with Crippen molar-refractivity contribution < 1.29 is 31.6 Å². The molecule has 0 saturated carbocycles. The summed E-state index contributed by atoms with van der Waals surface area (Å²) < 4.78 is 48.9. The molecule has 8 heteroatoms. The van der Waals surface area contributed by atoms with Crippen molar-refractivity contribution in [2.75, 3.05) is 13.9 Å². The van der Waals surface area contributed by atoms with Crippen LogP contribution < -0.4 is 0 Å². The third-order valence-corrected chi connectivity index (χ3v) is 8.14. The van der Waals surface area contributed by atoms with Gasteiger partial charge in [0.1, 0.15) is 19.2 Å². The molecule has 1 aromatic carbocycles. The van der Waals surface area contributed by atoms with Crippen LogP contribution in [0.5, 0.6) is 0 Å². The Kier molecular flexibility index (Phi) is 14.8. The van der Waals surface area contributed by atoms with Gasteiger partial charge < -0.3 is 19.0 Å². The third kappa shape index (κ3) is 11.0. The van der Waals surface area contributed by atoms with Gasteiger partial charge >= 0.3 is 0 Å². The van der Waals surface area contributed by atoms with Crippen molar-refractivity contribution in [1.82, 2.24) is 0 Å². The van der Waals surface area contributed by atoms with E-state index in [0.29, 0.717) is 6.42 Å². The summed E-state index contributed by atoms with van der Waals surface area (Å²) in [4.78, 5) is 11.2. The van der Waals surface area contributed by atoms with Gasteiger partial charge in [-0.15, -0.1) is 0 Å². The fourth-order valence-corrected chi connectivity index (χ4v) is 5.83. The van der Waals surface area contributed by atoms with Crippen LogP contribution in [0.4, 0.5) is 0 Å². The highest BCUT2D eigenvalue weighted by Crippen LogP contribution is 2.32. The van der Waals surface area contributed by atoms with Crippen LogP contribution >= 0.6 is 0 Å². The zero-order valence-electron chi connectivity index (χ0n) is 22.4. The molecule has 1 saturated heterocycles. The number of ether oxygens (including phenoxy) is 3. The maximum atomic E-state index is 12.9. The number of benzene rings is 1. The Morgan fingerprint density at radius 1 is 0.944 bits per heavy atom. The van der Waals surface area contributed by atoms with Crippen molar-refractivity contribution in [2.24, 2.45) is 0 Å². The smallest absolute Gasteiger partial charge is 0.297 e. The van der Waals surface area contributed by atoms with Crippen LogP contribution in [0.15, 0.2) is 29.2 Å². The van der Waals surface area contributed by atoms with Crippen molar-refractivity contribution in [3.63, 3.8) is 0 Å². The molecular weight excluding hydrogens is 480 g/mol. The van der Waals surface area contributed by atoms with E-state index in [1.165, 1.54) is 50.7 Å². The van der Waals surface area contributed by atoms with Gasteiger partial charge in [-0.3, -0.25) is 4.18 Å². The minimum absolute atomic E-state index is 0.106. The number of carbonyl (C=O) groups excluding carboxylic acids is 1. The lowest BCUT2D eigenvalue weighted by atomic mass is 10.0. The summed E-state index contributed by atoms with van der Waals surface area (Å²) >= 11 is 0. The lowest BCUT2D eigenvalue weighted by molar-refractivity contribution is -0.136. The average Bonchev–Trinajstić information content (AvgIpc) is 3.35. The van der Waals surface area contributed by atoms with E-state index in [-0.39, 0.29) is 36.7 Å². The van der Waals surface area contributed by atoms with Gasteiger partial charge in [-0.2, -0.15) is 8.42 Å². The molecule has 4 atom stereocenters. The van der Waals surface area contributed by atoms with Crippen molar-refractivity contribution in [2.45, 2.75) is 127 Å². The zero-order chi connectivity index (χ0) is 26.2. The maximum absolute atomic E-state index is 12.9. The van der Waals surface area contributed by atoms with Crippen molar-refractivity contribution in [3.8, 4) is 0 Å². The van der Waals surface area contributed by atoms with Crippen LogP contribution in [0.25, 0.3) is 0 Å². The lowest BCUT2D eigenvalue weighted by Gasteiger charge is -2.27. The van der Waals surface area contributed by atoms with E-state index in [9.17, 15) is 13.2 Å². The molecule has 0 aliphatic carbocycles. The molecule has 1 fully saturated rings. The molecule has 0 aromatic heterocycles. The summed E-state index contributed by atoms with van der Waals surface area (Å²) in [7, 11) is -2.37. The fraction of sp³-hybridized carbons (Fsp3) is 0.750. The molecule has 0 radical (unpaired) electrons. The SMILES string of the molecule is CCCCCCCCCC[C@@H](OCOC)[C@H]1CC[C@@H]([C@H](CCC=O)OS(=O)(=O)c2ccc(C)cc2)O1. The lowest BCUT2D eigenvalue weighted by Crippen LogP contribution is -2.35. The molecule has 7 nitrogen and oxygen atoms in total.